The lowest BCUT2D eigenvalue weighted by molar-refractivity contribution is 0.0864. The van der Waals surface area contributed by atoms with Crippen molar-refractivity contribution in [2.24, 2.45) is 4.99 Å². The number of methoxy groups -OCH3 is 1. The van der Waals surface area contributed by atoms with Crippen molar-refractivity contribution in [1.82, 2.24) is 14.5 Å². The zero-order valence-electron chi connectivity index (χ0n) is 20.4. The maximum absolute atomic E-state index is 5.58. The molecule has 6 rings (SSSR count). The normalized spacial score (nSPS) is 16.2. The number of fused-ring (bicyclic) bond motifs is 2. The summed E-state index contributed by atoms with van der Waals surface area (Å²) < 4.78 is 13.4. The lowest BCUT2D eigenvalue weighted by Crippen LogP contribution is -2.40. The molecular formula is C29H29N5O2. The second-order valence-electron chi connectivity index (χ2n) is 9.05. The maximum Gasteiger partial charge on any atom is 0.237 e. The van der Waals surface area contributed by atoms with E-state index in [1.54, 1.807) is 13.3 Å². The van der Waals surface area contributed by atoms with Gasteiger partial charge in [0.25, 0.3) is 0 Å². The number of para-hydroxylation sites is 1. The largest absolute Gasteiger partial charge is 0.480 e. The molecule has 0 spiro atoms. The van der Waals surface area contributed by atoms with Gasteiger partial charge < -0.3 is 19.4 Å². The predicted octanol–water partition coefficient (Wildman–Crippen LogP) is 3.56. The number of hydrogen-bond donors (Lipinski definition) is 1. The van der Waals surface area contributed by atoms with Crippen LogP contribution < -0.4 is 26.1 Å². The zero-order chi connectivity index (χ0) is 24.3. The summed E-state index contributed by atoms with van der Waals surface area (Å²) in [5.41, 5.74) is 4.71. The van der Waals surface area contributed by atoms with E-state index in [1.807, 2.05) is 18.2 Å². The summed E-state index contributed by atoms with van der Waals surface area (Å²) in [5, 5.41) is 6.57. The highest BCUT2D eigenvalue weighted by Gasteiger charge is 2.18. The Labute approximate surface area is 209 Å². The Balaban J connectivity index is 1.62. The molecule has 36 heavy (non-hydrogen) atoms. The molecule has 2 aliphatic heterocycles. The van der Waals surface area contributed by atoms with E-state index in [0.717, 1.165) is 83.4 Å². The summed E-state index contributed by atoms with van der Waals surface area (Å²) in [6.45, 7) is 1.48. The van der Waals surface area contributed by atoms with Gasteiger partial charge in [-0.05, 0) is 62.1 Å². The van der Waals surface area contributed by atoms with Gasteiger partial charge in [-0.2, -0.15) is 0 Å². The molecule has 182 valence electrons. The van der Waals surface area contributed by atoms with Gasteiger partial charge in [0.15, 0.2) is 0 Å². The number of ether oxygens (including phenoxy) is 2. The van der Waals surface area contributed by atoms with Crippen LogP contribution in [0.4, 0.5) is 11.4 Å². The van der Waals surface area contributed by atoms with Gasteiger partial charge in [-0.15, -0.1) is 0 Å². The highest BCUT2D eigenvalue weighted by atomic mass is 16.5. The molecule has 7 heteroatoms. The van der Waals surface area contributed by atoms with Crippen LogP contribution in [0.1, 0.15) is 25.7 Å². The Kier molecular flexibility index (Phi) is 6.22. The zero-order valence-corrected chi connectivity index (χ0v) is 20.4. The lowest BCUT2D eigenvalue weighted by Gasteiger charge is -2.22. The summed E-state index contributed by atoms with van der Waals surface area (Å²) in [4.78, 5) is 14.6. The summed E-state index contributed by atoms with van der Waals surface area (Å²) in [6, 6.07) is 18.8. The van der Waals surface area contributed by atoms with E-state index >= 15 is 0 Å². The van der Waals surface area contributed by atoms with E-state index in [9.17, 15) is 0 Å². The van der Waals surface area contributed by atoms with Crippen molar-refractivity contribution in [2.75, 3.05) is 25.6 Å². The number of aromatic nitrogens is 3. The minimum atomic E-state index is 0.211. The van der Waals surface area contributed by atoms with Crippen LogP contribution in [0.25, 0.3) is 29.2 Å². The smallest absolute Gasteiger partial charge is 0.237 e. The van der Waals surface area contributed by atoms with Gasteiger partial charge in [-0.25, -0.2) is 9.97 Å². The molecule has 2 aliphatic carbocycles. The minimum Gasteiger partial charge on any atom is -0.480 e. The van der Waals surface area contributed by atoms with Crippen LogP contribution in [-0.2, 0) is 4.74 Å². The minimum absolute atomic E-state index is 0.211. The van der Waals surface area contributed by atoms with E-state index in [1.165, 1.54) is 0 Å². The van der Waals surface area contributed by atoms with Gasteiger partial charge in [-0.1, -0.05) is 30.4 Å². The topological polar surface area (TPSA) is 73.6 Å². The number of benzene rings is 2. The third-order valence-electron chi connectivity index (χ3n) is 6.68. The number of anilines is 2. The Morgan fingerprint density at radius 1 is 1.00 bits per heavy atom. The molecule has 2 aromatic rings. The first-order valence-corrected chi connectivity index (χ1v) is 12.5. The monoisotopic (exact) mass is 479 g/mol. The van der Waals surface area contributed by atoms with Crippen molar-refractivity contribution in [3.8, 4) is 23.0 Å². The molecule has 1 aromatic carbocycles. The summed E-state index contributed by atoms with van der Waals surface area (Å²) in [6.07, 6.45) is 10.1. The molecule has 0 bridgehead atoms. The first-order chi connectivity index (χ1) is 17.8. The molecule has 1 aromatic heterocycles. The van der Waals surface area contributed by atoms with Crippen molar-refractivity contribution in [3.63, 3.8) is 0 Å². The van der Waals surface area contributed by atoms with Gasteiger partial charge >= 0.3 is 0 Å². The van der Waals surface area contributed by atoms with Crippen LogP contribution in [0.2, 0.25) is 0 Å². The van der Waals surface area contributed by atoms with E-state index in [0.29, 0.717) is 5.88 Å². The van der Waals surface area contributed by atoms with E-state index in [2.05, 4.69) is 63.4 Å². The molecule has 1 saturated heterocycles. The summed E-state index contributed by atoms with van der Waals surface area (Å²) in [7, 11) is 1.63. The van der Waals surface area contributed by atoms with Crippen molar-refractivity contribution < 1.29 is 9.47 Å². The quantitative estimate of drug-likeness (QED) is 0.474. The molecule has 7 nitrogen and oxygen atoms in total. The highest BCUT2D eigenvalue weighted by Crippen LogP contribution is 2.27. The Morgan fingerprint density at radius 3 is 2.67 bits per heavy atom. The number of rotatable bonds is 5. The van der Waals surface area contributed by atoms with Gasteiger partial charge in [0, 0.05) is 25.1 Å². The van der Waals surface area contributed by atoms with Crippen LogP contribution in [0.15, 0.2) is 65.8 Å². The maximum atomic E-state index is 5.58. The highest BCUT2D eigenvalue weighted by molar-refractivity contribution is 5.71. The molecule has 0 unspecified atom stereocenters. The van der Waals surface area contributed by atoms with Gasteiger partial charge in [0.05, 0.1) is 46.3 Å². The lowest BCUT2D eigenvalue weighted by atomic mass is 10.1. The van der Waals surface area contributed by atoms with Crippen LogP contribution in [0, 0.1) is 0 Å². The van der Waals surface area contributed by atoms with E-state index < -0.39 is 0 Å². The van der Waals surface area contributed by atoms with Crippen molar-refractivity contribution in [2.45, 2.75) is 31.7 Å². The number of hydrogen-bond acceptors (Lipinski definition) is 6. The van der Waals surface area contributed by atoms with Crippen molar-refractivity contribution >= 4 is 23.5 Å². The van der Waals surface area contributed by atoms with Crippen LogP contribution in [0.5, 0.6) is 5.88 Å². The Bertz CT molecular complexity index is 1540. The summed E-state index contributed by atoms with van der Waals surface area (Å²) >= 11 is 0. The molecular weight excluding hydrogens is 450 g/mol. The van der Waals surface area contributed by atoms with Crippen LogP contribution in [-0.4, -0.2) is 40.9 Å². The number of nitrogens with zero attached hydrogens (tertiary/aromatic N) is 4. The van der Waals surface area contributed by atoms with Crippen molar-refractivity contribution in [3.05, 3.63) is 76.8 Å². The fraction of sp³-hybridized carbons (Fsp3) is 0.276. The molecule has 3 heterocycles. The first-order valence-electron chi connectivity index (χ1n) is 12.5. The molecule has 0 atom stereocenters. The fourth-order valence-electron chi connectivity index (χ4n) is 4.92. The van der Waals surface area contributed by atoms with Gasteiger partial charge in [0.1, 0.15) is 5.69 Å². The molecule has 4 aliphatic rings. The van der Waals surface area contributed by atoms with Crippen molar-refractivity contribution in [1.29, 1.82) is 0 Å². The molecule has 0 amide bonds. The molecule has 1 fully saturated rings. The predicted molar refractivity (Wildman–Crippen MR) is 141 cm³/mol. The number of nitrogens with one attached hydrogen (secondary N) is 1. The third kappa shape index (κ3) is 4.38. The van der Waals surface area contributed by atoms with Gasteiger partial charge in [-0.3, -0.25) is 4.99 Å². The third-order valence-corrected chi connectivity index (χ3v) is 6.68. The van der Waals surface area contributed by atoms with E-state index in [4.69, 9.17) is 19.5 Å². The standard InChI is InChI=1S/C29H29N5O2/c1-35-29-23(11-7-15-30-29)33-24-18-26-28(19-25(24)31-20-13-16-36-17-14-20)34(21-8-3-2-4-9-21)27-12-6-5-10-22(27)32-26/h2-4,7-12,15,18-20,33H,5-6,13-14,16-17H2,1H3. The Hall–Kier alpha value is -3.97. The average molecular weight is 480 g/mol. The van der Waals surface area contributed by atoms with Gasteiger partial charge in [0.2, 0.25) is 5.88 Å². The SMILES string of the molecule is COc1ncccc1Nc1cc2nc3c(n(-c4ccccc4)c-2cc1=NC1CCOCC1)=CCCC=3. The van der Waals surface area contributed by atoms with Crippen LogP contribution in [0.3, 0.4) is 0 Å². The second kappa shape index (κ2) is 9.95. The fourth-order valence-corrected chi connectivity index (χ4v) is 4.92. The molecule has 0 saturated carbocycles. The Morgan fingerprint density at radius 2 is 1.83 bits per heavy atom. The first kappa shape index (κ1) is 22.5. The molecule has 0 radical (unpaired) electrons. The summed E-state index contributed by atoms with van der Waals surface area (Å²) in [5.74, 6) is 0.537. The second-order valence-corrected chi connectivity index (χ2v) is 9.05. The number of pyridine rings is 1. The molecule has 1 N–H and O–H groups in total. The average Bonchev–Trinajstić information content (AvgIpc) is 2.93. The van der Waals surface area contributed by atoms with E-state index in [-0.39, 0.29) is 6.04 Å². The van der Waals surface area contributed by atoms with Crippen LogP contribution >= 0.6 is 0 Å².